The number of aliphatic carboxylic acids is 3. The molecule has 0 fully saturated rings. The van der Waals surface area contributed by atoms with Gasteiger partial charge in [0.1, 0.15) is 17.9 Å². The summed E-state index contributed by atoms with van der Waals surface area (Å²) in [6.07, 6.45) is -0.873. The van der Waals surface area contributed by atoms with Gasteiger partial charge in [0.2, 0.25) is 5.91 Å². The summed E-state index contributed by atoms with van der Waals surface area (Å²) in [7, 11) is 1.52. The molecule has 0 saturated carbocycles. The van der Waals surface area contributed by atoms with Crippen molar-refractivity contribution in [2.45, 2.75) is 50.7 Å². The topological polar surface area (TPSA) is 173 Å². The van der Waals surface area contributed by atoms with Crippen LogP contribution in [0.3, 0.4) is 0 Å². The third-order valence-electron chi connectivity index (χ3n) is 4.47. The van der Waals surface area contributed by atoms with Crippen molar-refractivity contribution in [3.05, 3.63) is 35.6 Å². The third kappa shape index (κ3) is 9.87. The van der Waals surface area contributed by atoms with Gasteiger partial charge < -0.3 is 30.9 Å². The van der Waals surface area contributed by atoms with Gasteiger partial charge in [0, 0.05) is 26.4 Å². The summed E-state index contributed by atoms with van der Waals surface area (Å²) < 4.78 is 13.2. The van der Waals surface area contributed by atoms with Gasteiger partial charge in [-0.05, 0) is 37.0 Å². The first-order chi connectivity index (χ1) is 15.0. The van der Waals surface area contributed by atoms with Gasteiger partial charge in [-0.25, -0.2) is 18.8 Å². The monoisotopic (exact) mass is 455 g/mol. The molecule has 0 heterocycles. The van der Waals surface area contributed by atoms with Crippen molar-refractivity contribution >= 4 is 29.8 Å². The molecule has 1 rings (SSSR count). The zero-order chi connectivity index (χ0) is 24.3. The first-order valence-electron chi connectivity index (χ1n) is 9.72. The van der Waals surface area contributed by atoms with Crippen molar-refractivity contribution in [2.75, 3.05) is 7.05 Å². The van der Waals surface area contributed by atoms with Gasteiger partial charge in [-0.1, -0.05) is 12.1 Å². The predicted octanol–water partition coefficient (Wildman–Crippen LogP) is 1.02. The number of hydrogen-bond donors (Lipinski definition) is 5. The van der Waals surface area contributed by atoms with Crippen LogP contribution < -0.4 is 10.6 Å². The molecule has 0 aliphatic heterocycles. The lowest BCUT2D eigenvalue weighted by molar-refractivity contribution is -0.140. The molecule has 0 aliphatic rings. The molecule has 0 radical (unpaired) electrons. The molecular weight excluding hydrogens is 429 g/mol. The van der Waals surface area contributed by atoms with Crippen LogP contribution in [0.15, 0.2) is 24.3 Å². The summed E-state index contributed by atoms with van der Waals surface area (Å²) in [6, 6.07) is 1.80. The molecule has 32 heavy (non-hydrogen) atoms. The molecule has 1 aromatic rings. The highest BCUT2D eigenvalue weighted by Crippen LogP contribution is 2.09. The number of nitrogens with zero attached hydrogens (tertiary/aromatic N) is 1. The molecule has 11 nitrogen and oxygen atoms in total. The Morgan fingerprint density at radius 2 is 1.56 bits per heavy atom. The molecular formula is C20H26FN3O8. The van der Waals surface area contributed by atoms with Crippen molar-refractivity contribution in [3.8, 4) is 0 Å². The number of carbonyl (C=O) groups excluding carboxylic acids is 2. The molecule has 3 amide bonds. The maximum absolute atomic E-state index is 13.2. The number of carboxylic acid groups (broad SMARTS) is 3. The second-order valence-corrected chi connectivity index (χ2v) is 7.10. The molecule has 0 spiro atoms. The Labute approximate surface area is 183 Å². The zero-order valence-electron chi connectivity index (χ0n) is 17.4. The van der Waals surface area contributed by atoms with Crippen molar-refractivity contribution < 1.29 is 43.7 Å². The normalized spacial score (nSPS) is 12.3. The number of carboxylic acids is 3. The molecule has 0 unspecified atom stereocenters. The summed E-state index contributed by atoms with van der Waals surface area (Å²) in [5.74, 6) is -4.81. The third-order valence-corrected chi connectivity index (χ3v) is 4.47. The summed E-state index contributed by atoms with van der Waals surface area (Å²) in [5, 5.41) is 31.1. The minimum Gasteiger partial charge on any atom is -0.481 e. The number of amides is 3. The van der Waals surface area contributed by atoms with E-state index in [9.17, 15) is 33.5 Å². The Kier molecular flexibility index (Phi) is 10.6. The minimum atomic E-state index is -1.50. The zero-order valence-corrected chi connectivity index (χ0v) is 17.4. The van der Waals surface area contributed by atoms with E-state index in [2.05, 4.69) is 5.32 Å². The number of hydrogen-bond acceptors (Lipinski definition) is 5. The Morgan fingerprint density at radius 3 is 2.09 bits per heavy atom. The molecule has 0 saturated heterocycles. The fraction of sp³-hybridized carbons (Fsp3) is 0.450. The maximum atomic E-state index is 13.2. The first-order valence-corrected chi connectivity index (χ1v) is 9.72. The van der Waals surface area contributed by atoms with Gasteiger partial charge in [-0.2, -0.15) is 0 Å². The number of nitrogens with one attached hydrogen (secondary N) is 2. The number of urea groups is 1. The van der Waals surface area contributed by atoms with E-state index in [4.69, 9.17) is 10.2 Å². The lowest BCUT2D eigenvalue weighted by Gasteiger charge is -2.19. The highest BCUT2D eigenvalue weighted by Gasteiger charge is 2.25. The van der Waals surface area contributed by atoms with Crippen LogP contribution in [0.1, 0.15) is 37.7 Å². The van der Waals surface area contributed by atoms with Gasteiger partial charge in [-0.15, -0.1) is 0 Å². The minimum absolute atomic E-state index is 0.0186. The fourth-order valence-electron chi connectivity index (χ4n) is 2.79. The van der Waals surface area contributed by atoms with Crippen LogP contribution >= 0.6 is 0 Å². The highest BCUT2D eigenvalue weighted by atomic mass is 19.1. The van der Waals surface area contributed by atoms with Gasteiger partial charge >= 0.3 is 23.9 Å². The predicted molar refractivity (Wildman–Crippen MR) is 108 cm³/mol. The Balaban J connectivity index is 2.52. The van der Waals surface area contributed by atoms with Crippen LogP contribution in [0.4, 0.5) is 9.18 Å². The van der Waals surface area contributed by atoms with E-state index in [0.717, 1.165) is 0 Å². The Hall–Kier alpha value is -3.70. The molecule has 1 aromatic carbocycles. The summed E-state index contributed by atoms with van der Waals surface area (Å²) in [6.45, 7) is 0.173. The smallest absolute Gasteiger partial charge is 0.326 e. The van der Waals surface area contributed by atoms with E-state index in [-0.39, 0.29) is 38.1 Å². The highest BCUT2D eigenvalue weighted by molar-refractivity contribution is 5.86. The van der Waals surface area contributed by atoms with Crippen molar-refractivity contribution in [1.82, 2.24) is 15.5 Å². The van der Waals surface area contributed by atoms with E-state index in [1.807, 2.05) is 5.32 Å². The molecule has 0 bridgehead atoms. The second kappa shape index (κ2) is 12.9. The van der Waals surface area contributed by atoms with Crippen LogP contribution in [0.2, 0.25) is 0 Å². The standard InChI is InChI=1S/C20H26FN3O8/c1-24(11-12-4-2-5-13(21)10-12)16(25)7-3-6-14(18(28)29)22-20(32)23-15(19(30)31)8-9-17(26)27/h2,4-5,10,14-15H,3,6-9,11H2,1H3,(H,26,27)(H,28,29)(H,30,31)(H2,22,23,32)/t14-,15-/m0/s1. The number of rotatable bonds is 13. The molecule has 176 valence electrons. The Morgan fingerprint density at radius 1 is 0.969 bits per heavy atom. The number of benzene rings is 1. The molecule has 5 N–H and O–H groups in total. The average Bonchev–Trinajstić information content (AvgIpc) is 2.69. The van der Waals surface area contributed by atoms with Crippen LogP contribution in [0, 0.1) is 5.82 Å². The van der Waals surface area contributed by atoms with Crippen LogP contribution in [0.5, 0.6) is 0 Å². The maximum Gasteiger partial charge on any atom is 0.326 e. The van der Waals surface area contributed by atoms with Crippen molar-refractivity contribution in [2.24, 2.45) is 0 Å². The van der Waals surface area contributed by atoms with Gasteiger partial charge in [0.15, 0.2) is 0 Å². The lowest BCUT2D eigenvalue weighted by atomic mass is 10.1. The molecule has 0 aromatic heterocycles. The fourth-order valence-corrected chi connectivity index (χ4v) is 2.79. The van der Waals surface area contributed by atoms with Gasteiger partial charge in [0.05, 0.1) is 0 Å². The van der Waals surface area contributed by atoms with Gasteiger partial charge in [-0.3, -0.25) is 9.59 Å². The first kappa shape index (κ1) is 26.3. The molecule has 12 heteroatoms. The van der Waals surface area contributed by atoms with Gasteiger partial charge in [0.25, 0.3) is 0 Å². The number of halogens is 1. The van der Waals surface area contributed by atoms with Crippen molar-refractivity contribution in [3.63, 3.8) is 0 Å². The average molecular weight is 455 g/mol. The van der Waals surface area contributed by atoms with Crippen LogP contribution in [0.25, 0.3) is 0 Å². The SMILES string of the molecule is CN(Cc1cccc(F)c1)C(=O)CCC[C@H](NC(=O)N[C@@H](CCC(=O)O)C(=O)O)C(=O)O. The summed E-state index contributed by atoms with van der Waals surface area (Å²) >= 11 is 0. The number of carbonyl (C=O) groups is 5. The second-order valence-electron chi connectivity index (χ2n) is 7.10. The van der Waals surface area contributed by atoms with E-state index < -0.39 is 48.3 Å². The lowest BCUT2D eigenvalue weighted by Crippen LogP contribution is -2.51. The van der Waals surface area contributed by atoms with Crippen LogP contribution in [-0.2, 0) is 25.7 Å². The van der Waals surface area contributed by atoms with E-state index in [0.29, 0.717) is 5.56 Å². The van der Waals surface area contributed by atoms with E-state index in [1.165, 1.54) is 30.1 Å². The van der Waals surface area contributed by atoms with E-state index >= 15 is 0 Å². The summed E-state index contributed by atoms with van der Waals surface area (Å²) in [5.41, 5.74) is 0.596. The Bertz CT molecular complexity index is 848. The van der Waals surface area contributed by atoms with Crippen LogP contribution in [-0.4, -0.2) is 69.2 Å². The molecule has 2 atom stereocenters. The quantitative estimate of drug-likeness (QED) is 0.293. The summed E-state index contributed by atoms with van der Waals surface area (Å²) in [4.78, 5) is 58.6. The van der Waals surface area contributed by atoms with Crippen molar-refractivity contribution in [1.29, 1.82) is 0 Å². The van der Waals surface area contributed by atoms with E-state index in [1.54, 1.807) is 6.07 Å². The molecule has 0 aliphatic carbocycles. The largest absolute Gasteiger partial charge is 0.481 e.